The number of esters is 1. The number of aliphatic carboxylic acids is 1. The average molecular weight is 619 g/mol. The number of aliphatic hydroxyl groups is 1. The molecule has 1 aromatic carbocycles. The number of hydrogen-bond donors (Lipinski definition) is 3. The summed E-state index contributed by atoms with van der Waals surface area (Å²) in [6, 6.07) is 6.62. The Morgan fingerprint density at radius 1 is 0.889 bits per heavy atom. The Morgan fingerprint density at radius 2 is 1.56 bits per heavy atom. The summed E-state index contributed by atoms with van der Waals surface area (Å²) in [6.45, 7) is 16.3. The van der Waals surface area contributed by atoms with Gasteiger partial charge in [0.05, 0.1) is 11.5 Å². The smallest absolute Gasteiger partial charge is 0.331 e. The number of hydrogen-bond acceptors (Lipinski definition) is 5. The molecule has 6 heteroatoms. The van der Waals surface area contributed by atoms with Crippen molar-refractivity contribution in [3.63, 3.8) is 0 Å². The van der Waals surface area contributed by atoms with E-state index in [0.29, 0.717) is 12.3 Å². The Bertz CT molecular complexity index is 1420. The van der Waals surface area contributed by atoms with Gasteiger partial charge in [0.1, 0.15) is 11.9 Å². The molecule has 0 amide bonds. The molecule has 4 saturated carbocycles. The van der Waals surface area contributed by atoms with E-state index in [1.807, 2.05) is 0 Å². The topological polar surface area (TPSA) is 104 Å². The molecule has 0 aromatic heterocycles. The summed E-state index contributed by atoms with van der Waals surface area (Å²) < 4.78 is 6.04. The van der Waals surface area contributed by atoms with Crippen LogP contribution >= 0.6 is 0 Å². The van der Waals surface area contributed by atoms with Crippen LogP contribution in [0.1, 0.15) is 112 Å². The Labute approximate surface area is 269 Å². The lowest BCUT2D eigenvalue weighted by molar-refractivity contribution is -0.238. The molecule has 9 atom stereocenters. The van der Waals surface area contributed by atoms with Crippen LogP contribution in [-0.2, 0) is 14.3 Å². The number of aromatic hydroxyl groups is 1. The molecule has 5 aliphatic carbocycles. The first-order valence-electron chi connectivity index (χ1n) is 17.2. The second-order valence-corrected chi connectivity index (χ2v) is 17.6. The van der Waals surface area contributed by atoms with Crippen LogP contribution < -0.4 is 0 Å². The van der Waals surface area contributed by atoms with E-state index in [9.17, 15) is 24.9 Å². The van der Waals surface area contributed by atoms with Crippen LogP contribution in [0.2, 0.25) is 0 Å². The number of carboxylic acid groups (broad SMARTS) is 1. The Kier molecular flexibility index (Phi) is 7.51. The molecule has 246 valence electrons. The van der Waals surface area contributed by atoms with Crippen molar-refractivity contribution in [1.29, 1.82) is 0 Å². The van der Waals surface area contributed by atoms with Crippen LogP contribution in [0.25, 0.3) is 6.08 Å². The number of phenols is 1. The molecule has 3 N–H and O–H groups in total. The first-order valence-corrected chi connectivity index (χ1v) is 17.2. The fourth-order valence-corrected chi connectivity index (χ4v) is 11.9. The van der Waals surface area contributed by atoms with E-state index in [-0.39, 0.29) is 39.2 Å². The number of carbonyl (C=O) groups is 2. The summed E-state index contributed by atoms with van der Waals surface area (Å²) in [5.74, 6) is -0.230. The Morgan fingerprint density at radius 3 is 2.22 bits per heavy atom. The van der Waals surface area contributed by atoms with Gasteiger partial charge in [0.15, 0.2) is 0 Å². The molecule has 0 heterocycles. The van der Waals surface area contributed by atoms with Crippen LogP contribution in [0.3, 0.4) is 0 Å². The fourth-order valence-electron chi connectivity index (χ4n) is 11.9. The van der Waals surface area contributed by atoms with Crippen molar-refractivity contribution < 1.29 is 29.6 Å². The molecule has 6 nitrogen and oxygen atoms in total. The van der Waals surface area contributed by atoms with E-state index >= 15 is 0 Å². The lowest BCUT2D eigenvalue weighted by Gasteiger charge is -2.71. The van der Waals surface area contributed by atoms with E-state index in [2.05, 4.69) is 54.5 Å². The van der Waals surface area contributed by atoms with Gasteiger partial charge in [-0.2, -0.15) is 0 Å². The van der Waals surface area contributed by atoms with Crippen molar-refractivity contribution in [3.05, 3.63) is 47.6 Å². The van der Waals surface area contributed by atoms with E-state index in [1.54, 1.807) is 30.3 Å². The number of fused-ring (bicyclic) bond motifs is 7. The summed E-state index contributed by atoms with van der Waals surface area (Å²) >= 11 is 0. The van der Waals surface area contributed by atoms with Gasteiger partial charge < -0.3 is 20.1 Å². The zero-order chi connectivity index (χ0) is 32.8. The maximum atomic E-state index is 13.0. The summed E-state index contributed by atoms with van der Waals surface area (Å²) in [7, 11) is 0. The standard InChI is InChI=1S/C39H54O6/c1-34(2)18-20-39(33(43)44)21-19-37(6)26(27(39)22-34)13-14-30-36(5)23-28(41)32(35(3,4)29(36)16-17-38(30,37)7)45-31(42)15-10-24-8-11-25(40)12-9-24/h8-13,15,27-30,32,40-41H,14,16-23H2,1-7H3,(H,43,44)/b15-10-/t27-,28-,29-,30-,32-,36-,37+,38-,39+/m1/s1. The van der Waals surface area contributed by atoms with E-state index in [1.165, 1.54) is 11.6 Å². The van der Waals surface area contributed by atoms with Gasteiger partial charge >= 0.3 is 11.9 Å². The van der Waals surface area contributed by atoms with Gasteiger partial charge in [0, 0.05) is 11.5 Å². The Hall–Kier alpha value is -2.60. The molecule has 0 radical (unpaired) electrons. The van der Waals surface area contributed by atoms with Crippen molar-refractivity contribution in [2.45, 2.75) is 118 Å². The molecule has 45 heavy (non-hydrogen) atoms. The molecular weight excluding hydrogens is 564 g/mol. The highest BCUT2D eigenvalue weighted by Crippen LogP contribution is 2.75. The summed E-state index contributed by atoms with van der Waals surface area (Å²) in [6.07, 6.45) is 12.0. The number of benzene rings is 1. The third kappa shape index (κ3) is 4.74. The summed E-state index contributed by atoms with van der Waals surface area (Å²) in [4.78, 5) is 26.0. The van der Waals surface area contributed by atoms with Gasteiger partial charge in [-0.25, -0.2) is 4.79 Å². The number of allylic oxidation sites excluding steroid dienone is 2. The van der Waals surface area contributed by atoms with E-state index in [4.69, 9.17) is 4.74 Å². The quantitative estimate of drug-likeness (QED) is 0.179. The van der Waals surface area contributed by atoms with E-state index < -0.39 is 35.0 Å². The second kappa shape index (κ2) is 10.5. The van der Waals surface area contributed by atoms with Gasteiger partial charge in [0.2, 0.25) is 0 Å². The first kappa shape index (κ1) is 32.3. The monoisotopic (exact) mass is 618 g/mol. The third-order valence-corrected chi connectivity index (χ3v) is 14.5. The number of aliphatic hydroxyl groups excluding tert-OH is 1. The lowest BCUT2D eigenvalue weighted by Crippen LogP contribution is -2.67. The van der Waals surface area contributed by atoms with Crippen molar-refractivity contribution in [2.24, 2.45) is 50.2 Å². The number of rotatable bonds is 4. The van der Waals surface area contributed by atoms with Crippen LogP contribution in [0.5, 0.6) is 5.75 Å². The van der Waals surface area contributed by atoms with Crippen LogP contribution in [0.15, 0.2) is 42.0 Å². The minimum atomic E-state index is -0.780. The van der Waals surface area contributed by atoms with Gasteiger partial charge in [-0.05, 0) is 121 Å². The molecule has 0 bridgehead atoms. The molecule has 5 aliphatic rings. The summed E-state index contributed by atoms with van der Waals surface area (Å²) in [5.41, 5.74) is 0.991. The highest BCUT2D eigenvalue weighted by molar-refractivity contribution is 5.87. The SMILES string of the molecule is CC1(C)CC[C@]2(C(=O)O)CC[C@@]3(C)C(=CC[C@@H]4[C@]5(C)C[C@@H](O)[C@@H](OC(=O)/C=C\c6ccc(O)cc6)C(C)(C)[C@H]5CC[C@]43C)[C@H]2C1. The largest absolute Gasteiger partial charge is 0.508 e. The zero-order valence-electron chi connectivity index (χ0n) is 28.4. The van der Waals surface area contributed by atoms with Gasteiger partial charge in [-0.15, -0.1) is 0 Å². The molecule has 4 fully saturated rings. The highest BCUT2D eigenvalue weighted by atomic mass is 16.6. The normalized spacial score (nSPS) is 43.2. The van der Waals surface area contributed by atoms with Crippen molar-refractivity contribution in [3.8, 4) is 5.75 Å². The number of carboxylic acids is 1. The first-order chi connectivity index (χ1) is 20.9. The van der Waals surface area contributed by atoms with Gasteiger partial charge in [-0.3, -0.25) is 4.79 Å². The van der Waals surface area contributed by atoms with Crippen LogP contribution in [-0.4, -0.2) is 39.5 Å². The molecule has 0 aliphatic heterocycles. The Balaban J connectivity index is 1.29. The minimum absolute atomic E-state index is 0.0131. The zero-order valence-corrected chi connectivity index (χ0v) is 28.4. The lowest BCUT2D eigenvalue weighted by atomic mass is 9.33. The average Bonchev–Trinajstić information content (AvgIpc) is 2.94. The molecule has 6 rings (SSSR count). The second-order valence-electron chi connectivity index (χ2n) is 17.6. The molecule has 0 spiro atoms. The molecule has 0 unspecified atom stereocenters. The number of ether oxygens (including phenoxy) is 1. The summed E-state index contributed by atoms with van der Waals surface area (Å²) in [5, 5.41) is 31.9. The predicted molar refractivity (Wildman–Crippen MR) is 175 cm³/mol. The van der Waals surface area contributed by atoms with Crippen molar-refractivity contribution >= 4 is 18.0 Å². The van der Waals surface area contributed by atoms with E-state index in [0.717, 1.165) is 56.9 Å². The maximum Gasteiger partial charge on any atom is 0.331 e. The molecule has 0 saturated heterocycles. The maximum absolute atomic E-state index is 13.0. The number of carbonyl (C=O) groups excluding carboxylic acids is 1. The highest BCUT2D eigenvalue weighted by Gasteiger charge is 2.70. The van der Waals surface area contributed by atoms with Gasteiger partial charge in [0.25, 0.3) is 0 Å². The van der Waals surface area contributed by atoms with Crippen LogP contribution in [0.4, 0.5) is 0 Å². The van der Waals surface area contributed by atoms with Crippen molar-refractivity contribution in [1.82, 2.24) is 0 Å². The molecular formula is C39H54O6. The predicted octanol–water partition coefficient (Wildman–Crippen LogP) is 8.17. The number of phenolic OH excluding ortho intramolecular Hbond substituents is 1. The molecule has 1 aromatic rings. The fraction of sp³-hybridized carbons (Fsp3) is 0.692. The minimum Gasteiger partial charge on any atom is -0.508 e. The van der Waals surface area contributed by atoms with Gasteiger partial charge in [-0.1, -0.05) is 72.2 Å². The third-order valence-electron chi connectivity index (χ3n) is 14.5. The van der Waals surface area contributed by atoms with Crippen molar-refractivity contribution in [2.75, 3.05) is 0 Å². The van der Waals surface area contributed by atoms with Crippen LogP contribution in [0, 0.1) is 50.2 Å².